The number of hydrogen-bond acceptors (Lipinski definition) is 1. The van der Waals surface area contributed by atoms with Crippen LogP contribution in [0, 0.1) is 13.8 Å². The van der Waals surface area contributed by atoms with Crippen LogP contribution in [0.25, 0.3) is 6.08 Å². The van der Waals surface area contributed by atoms with Gasteiger partial charge in [0.2, 0.25) is 0 Å². The molecular weight excluding hydrogens is 398 g/mol. The van der Waals surface area contributed by atoms with Crippen LogP contribution in [0.5, 0.6) is 0 Å². The van der Waals surface area contributed by atoms with Gasteiger partial charge in [0, 0.05) is 35.3 Å². The Morgan fingerprint density at radius 1 is 0.963 bits per heavy atom. The SMILES string of the molecule is Cc1cc2c(cc1C)C(=O)/C(=C/c1cc[n+](Cc3ccccc3)cc1)C2.[Br-]. The quantitative estimate of drug-likeness (QED) is 0.465. The highest BCUT2D eigenvalue weighted by Crippen LogP contribution is 2.29. The summed E-state index contributed by atoms with van der Waals surface area (Å²) >= 11 is 0. The van der Waals surface area contributed by atoms with Crippen LogP contribution in [0.4, 0.5) is 0 Å². The number of ketones is 1. The molecule has 0 fully saturated rings. The molecule has 1 aliphatic rings. The Kier molecular flexibility index (Phi) is 5.71. The van der Waals surface area contributed by atoms with Gasteiger partial charge in [-0.25, -0.2) is 4.57 Å². The number of aromatic nitrogens is 1. The first kappa shape index (κ1) is 19.2. The van der Waals surface area contributed by atoms with Crippen molar-refractivity contribution in [2.45, 2.75) is 26.8 Å². The molecule has 1 aromatic heterocycles. The average Bonchev–Trinajstić information content (AvgIpc) is 2.93. The number of aryl methyl sites for hydroxylation is 2. The molecule has 2 aromatic carbocycles. The second-order valence-electron chi connectivity index (χ2n) is 7.06. The van der Waals surface area contributed by atoms with Crippen molar-refractivity contribution < 1.29 is 26.3 Å². The van der Waals surface area contributed by atoms with Gasteiger partial charge in [0.05, 0.1) is 0 Å². The molecule has 0 saturated carbocycles. The molecule has 3 aromatic rings. The molecule has 0 N–H and O–H groups in total. The second kappa shape index (κ2) is 8.01. The Bertz CT molecular complexity index is 1000. The molecule has 0 amide bonds. The Morgan fingerprint density at radius 3 is 2.33 bits per heavy atom. The number of Topliss-reactive ketones (excluding diaryl/α,β-unsaturated/α-hetero) is 1. The lowest BCUT2D eigenvalue weighted by molar-refractivity contribution is -0.688. The van der Waals surface area contributed by atoms with E-state index in [2.05, 4.69) is 73.3 Å². The number of carbonyl (C=O) groups excluding carboxylic acids is 1. The minimum Gasteiger partial charge on any atom is -1.00 e. The molecule has 0 unspecified atom stereocenters. The summed E-state index contributed by atoms with van der Waals surface area (Å²) in [7, 11) is 0. The fourth-order valence-corrected chi connectivity index (χ4v) is 3.47. The average molecular weight is 420 g/mol. The molecule has 0 saturated heterocycles. The van der Waals surface area contributed by atoms with Crippen molar-refractivity contribution in [2.24, 2.45) is 0 Å². The zero-order valence-corrected chi connectivity index (χ0v) is 17.2. The van der Waals surface area contributed by atoms with Crippen LogP contribution in [0.1, 0.15) is 38.2 Å². The van der Waals surface area contributed by atoms with E-state index in [1.807, 2.05) is 18.2 Å². The molecule has 3 heteroatoms. The van der Waals surface area contributed by atoms with E-state index in [0.29, 0.717) is 0 Å². The van der Waals surface area contributed by atoms with Crippen molar-refractivity contribution in [3.8, 4) is 0 Å². The summed E-state index contributed by atoms with van der Waals surface area (Å²) in [5.41, 5.74) is 7.67. The minimum absolute atomic E-state index is 0. The maximum atomic E-state index is 12.7. The van der Waals surface area contributed by atoms with Gasteiger partial charge in [-0.1, -0.05) is 36.4 Å². The Hall–Kier alpha value is -2.52. The van der Waals surface area contributed by atoms with Crippen LogP contribution in [0.3, 0.4) is 0 Å². The first-order valence-corrected chi connectivity index (χ1v) is 8.98. The number of pyridine rings is 1. The fraction of sp³-hybridized carbons (Fsp3) is 0.167. The third-order valence-corrected chi connectivity index (χ3v) is 5.10. The third-order valence-electron chi connectivity index (χ3n) is 5.10. The van der Waals surface area contributed by atoms with Gasteiger partial charge in [-0.2, -0.15) is 0 Å². The van der Waals surface area contributed by atoms with E-state index in [4.69, 9.17) is 0 Å². The smallest absolute Gasteiger partial charge is 0.189 e. The summed E-state index contributed by atoms with van der Waals surface area (Å²) in [5.74, 6) is 0.170. The first-order valence-electron chi connectivity index (χ1n) is 8.98. The van der Waals surface area contributed by atoms with Crippen LogP contribution in [-0.4, -0.2) is 5.78 Å². The topological polar surface area (TPSA) is 20.9 Å². The largest absolute Gasteiger partial charge is 1.00 e. The molecule has 0 radical (unpaired) electrons. The molecule has 2 nitrogen and oxygen atoms in total. The number of carbonyl (C=O) groups is 1. The third kappa shape index (κ3) is 4.09. The van der Waals surface area contributed by atoms with Crippen molar-refractivity contribution >= 4 is 11.9 Å². The molecule has 0 atom stereocenters. The van der Waals surface area contributed by atoms with Gasteiger partial charge < -0.3 is 17.0 Å². The van der Waals surface area contributed by atoms with Gasteiger partial charge in [-0.05, 0) is 48.2 Å². The van der Waals surface area contributed by atoms with E-state index >= 15 is 0 Å². The molecular formula is C24H22BrNO. The van der Waals surface area contributed by atoms with Crippen molar-refractivity contribution in [3.63, 3.8) is 0 Å². The molecule has 0 aliphatic heterocycles. The predicted octanol–water partition coefficient (Wildman–Crippen LogP) is 1.47. The highest BCUT2D eigenvalue weighted by Gasteiger charge is 2.25. The minimum atomic E-state index is 0. The van der Waals surface area contributed by atoms with Crippen LogP contribution in [-0.2, 0) is 13.0 Å². The lowest BCUT2D eigenvalue weighted by atomic mass is 10.0. The zero-order chi connectivity index (χ0) is 18.1. The maximum Gasteiger partial charge on any atom is 0.189 e. The van der Waals surface area contributed by atoms with Gasteiger partial charge in [0.15, 0.2) is 24.7 Å². The lowest BCUT2D eigenvalue weighted by Gasteiger charge is -2.02. The van der Waals surface area contributed by atoms with Gasteiger partial charge in [-0.3, -0.25) is 4.79 Å². The summed E-state index contributed by atoms with van der Waals surface area (Å²) in [6.45, 7) is 5.01. The summed E-state index contributed by atoms with van der Waals surface area (Å²) in [4.78, 5) is 12.7. The van der Waals surface area contributed by atoms with Gasteiger partial charge in [0.1, 0.15) is 0 Å². The number of hydrogen-bond donors (Lipinski definition) is 0. The molecule has 1 heterocycles. The number of halogens is 1. The second-order valence-corrected chi connectivity index (χ2v) is 7.06. The summed E-state index contributed by atoms with van der Waals surface area (Å²) in [6, 6.07) is 18.7. The molecule has 0 spiro atoms. The fourth-order valence-electron chi connectivity index (χ4n) is 3.47. The number of nitrogens with zero attached hydrogens (tertiary/aromatic N) is 1. The summed E-state index contributed by atoms with van der Waals surface area (Å²) < 4.78 is 2.15. The predicted molar refractivity (Wildman–Crippen MR) is 104 cm³/mol. The Labute approximate surface area is 171 Å². The van der Waals surface area contributed by atoms with Gasteiger partial charge in [-0.15, -0.1) is 0 Å². The number of allylic oxidation sites excluding steroid dienone is 1. The van der Waals surface area contributed by atoms with E-state index in [-0.39, 0.29) is 22.8 Å². The van der Waals surface area contributed by atoms with E-state index in [1.165, 1.54) is 16.7 Å². The number of fused-ring (bicyclic) bond motifs is 1. The molecule has 4 rings (SSSR count). The van der Waals surface area contributed by atoms with Crippen LogP contribution in [0.2, 0.25) is 0 Å². The molecule has 27 heavy (non-hydrogen) atoms. The van der Waals surface area contributed by atoms with E-state index < -0.39 is 0 Å². The van der Waals surface area contributed by atoms with Crippen molar-refractivity contribution in [3.05, 3.63) is 106 Å². The van der Waals surface area contributed by atoms with Crippen LogP contribution < -0.4 is 21.5 Å². The monoisotopic (exact) mass is 419 g/mol. The van der Waals surface area contributed by atoms with Crippen molar-refractivity contribution in [1.82, 2.24) is 0 Å². The van der Waals surface area contributed by atoms with E-state index in [0.717, 1.165) is 35.2 Å². The number of rotatable bonds is 3. The van der Waals surface area contributed by atoms with E-state index in [9.17, 15) is 4.79 Å². The van der Waals surface area contributed by atoms with Crippen molar-refractivity contribution in [1.29, 1.82) is 0 Å². The normalized spacial score (nSPS) is 14.1. The molecule has 0 bridgehead atoms. The molecule has 1 aliphatic carbocycles. The summed E-state index contributed by atoms with van der Waals surface area (Å²) in [5, 5.41) is 0. The Balaban J connectivity index is 0.00000210. The van der Waals surface area contributed by atoms with Gasteiger partial charge >= 0.3 is 0 Å². The van der Waals surface area contributed by atoms with Crippen LogP contribution >= 0.6 is 0 Å². The van der Waals surface area contributed by atoms with Gasteiger partial charge in [0.25, 0.3) is 0 Å². The highest BCUT2D eigenvalue weighted by molar-refractivity contribution is 6.15. The maximum absolute atomic E-state index is 12.7. The van der Waals surface area contributed by atoms with Crippen molar-refractivity contribution in [2.75, 3.05) is 0 Å². The number of benzene rings is 2. The van der Waals surface area contributed by atoms with Crippen LogP contribution in [0.15, 0.2) is 72.6 Å². The standard InChI is InChI=1S/C24H22NO.BrH/c1-17-12-21-15-22(24(26)23(21)13-18(17)2)14-19-8-10-25(11-9-19)16-20-6-4-3-5-7-20;/h3-14H,15-16H2,1-2H3;1H/q+1;/p-1/b22-14+;. The Morgan fingerprint density at radius 2 is 1.63 bits per heavy atom. The first-order chi connectivity index (χ1) is 12.6. The zero-order valence-electron chi connectivity index (χ0n) is 15.6. The van der Waals surface area contributed by atoms with E-state index in [1.54, 1.807) is 0 Å². The lowest BCUT2D eigenvalue weighted by Crippen LogP contribution is -3.00. The summed E-state index contributed by atoms with van der Waals surface area (Å²) in [6.07, 6.45) is 6.90. The molecule has 136 valence electrons. The highest BCUT2D eigenvalue weighted by atomic mass is 79.9.